The summed E-state index contributed by atoms with van der Waals surface area (Å²) < 4.78 is 5.86. The number of anilines is 1. The van der Waals surface area contributed by atoms with Crippen LogP contribution in [0.2, 0.25) is 0 Å². The van der Waals surface area contributed by atoms with Crippen LogP contribution in [0.4, 0.5) is 5.82 Å². The van der Waals surface area contributed by atoms with Crippen LogP contribution in [0.25, 0.3) is 0 Å². The van der Waals surface area contributed by atoms with Crippen molar-refractivity contribution >= 4 is 5.82 Å². The lowest BCUT2D eigenvalue weighted by Gasteiger charge is -2.14. The van der Waals surface area contributed by atoms with Crippen molar-refractivity contribution in [3.63, 3.8) is 0 Å². The van der Waals surface area contributed by atoms with Crippen LogP contribution >= 0.6 is 0 Å². The van der Waals surface area contributed by atoms with Gasteiger partial charge >= 0.3 is 0 Å². The lowest BCUT2D eigenvalue weighted by molar-refractivity contribution is 0.289. The summed E-state index contributed by atoms with van der Waals surface area (Å²) in [7, 11) is 1.88. The first kappa shape index (κ1) is 16.7. The minimum Gasteiger partial charge on any atom is -0.477 e. The number of nitrogens with one attached hydrogen (secondary N) is 1. The standard InChI is InChI=1S/C16H29N3O/c1-6-7-8-9-10-11-20-16-13(4)15(17-5)18-14(19-16)12(2)3/h12H,6-11H2,1-5H3,(H,17,18,19). The Morgan fingerprint density at radius 3 is 2.40 bits per heavy atom. The summed E-state index contributed by atoms with van der Waals surface area (Å²) in [5, 5.41) is 3.12. The van der Waals surface area contributed by atoms with Gasteiger partial charge in [-0.25, -0.2) is 4.98 Å². The Balaban J connectivity index is 2.61. The lowest BCUT2D eigenvalue weighted by atomic mass is 10.2. The quantitative estimate of drug-likeness (QED) is 0.685. The largest absolute Gasteiger partial charge is 0.477 e. The Labute approximate surface area is 123 Å². The van der Waals surface area contributed by atoms with E-state index in [9.17, 15) is 0 Å². The molecule has 0 aromatic carbocycles. The van der Waals surface area contributed by atoms with E-state index in [0.29, 0.717) is 5.92 Å². The van der Waals surface area contributed by atoms with Crippen LogP contribution in [-0.2, 0) is 0 Å². The molecule has 1 rings (SSSR count). The van der Waals surface area contributed by atoms with Gasteiger partial charge in [0.15, 0.2) is 0 Å². The Hall–Kier alpha value is -1.32. The third kappa shape index (κ3) is 4.99. The van der Waals surface area contributed by atoms with Crippen LogP contribution in [0.5, 0.6) is 5.88 Å². The maximum atomic E-state index is 5.86. The average molecular weight is 279 g/mol. The highest BCUT2D eigenvalue weighted by atomic mass is 16.5. The summed E-state index contributed by atoms with van der Waals surface area (Å²) in [6.07, 6.45) is 6.20. The van der Waals surface area contributed by atoms with Gasteiger partial charge in [-0.05, 0) is 13.3 Å². The van der Waals surface area contributed by atoms with Gasteiger partial charge in [0.2, 0.25) is 5.88 Å². The van der Waals surface area contributed by atoms with Crippen LogP contribution in [0.3, 0.4) is 0 Å². The summed E-state index contributed by atoms with van der Waals surface area (Å²) in [5.41, 5.74) is 0.991. The maximum absolute atomic E-state index is 5.86. The molecule has 0 unspecified atom stereocenters. The van der Waals surface area contributed by atoms with Crippen molar-refractivity contribution in [3.8, 4) is 5.88 Å². The van der Waals surface area contributed by atoms with Crippen LogP contribution in [0, 0.1) is 6.92 Å². The van der Waals surface area contributed by atoms with Gasteiger partial charge in [-0.3, -0.25) is 0 Å². The second kappa shape index (κ2) is 8.77. The number of rotatable bonds is 9. The molecule has 0 bridgehead atoms. The van der Waals surface area contributed by atoms with E-state index >= 15 is 0 Å². The molecule has 4 nitrogen and oxygen atoms in total. The molecule has 0 fully saturated rings. The van der Waals surface area contributed by atoms with Crippen molar-refractivity contribution in [2.75, 3.05) is 19.0 Å². The molecule has 0 aliphatic rings. The molecule has 0 saturated heterocycles. The van der Waals surface area contributed by atoms with Crippen molar-refractivity contribution < 1.29 is 4.74 Å². The molecular weight excluding hydrogens is 250 g/mol. The third-order valence-corrected chi connectivity index (χ3v) is 3.36. The van der Waals surface area contributed by atoms with Crippen molar-refractivity contribution in [2.45, 2.75) is 65.7 Å². The first-order valence-electron chi connectivity index (χ1n) is 7.79. The first-order chi connectivity index (χ1) is 9.60. The van der Waals surface area contributed by atoms with E-state index in [0.717, 1.165) is 36.1 Å². The minimum atomic E-state index is 0.301. The van der Waals surface area contributed by atoms with E-state index in [2.05, 4.69) is 36.1 Å². The zero-order valence-corrected chi connectivity index (χ0v) is 13.6. The van der Waals surface area contributed by atoms with E-state index in [1.165, 1.54) is 25.7 Å². The fourth-order valence-corrected chi connectivity index (χ4v) is 2.03. The van der Waals surface area contributed by atoms with Gasteiger partial charge in [-0.15, -0.1) is 0 Å². The molecule has 1 N–H and O–H groups in total. The predicted octanol–water partition coefficient (Wildman–Crippen LogP) is 4.30. The Morgan fingerprint density at radius 1 is 1.10 bits per heavy atom. The Morgan fingerprint density at radius 2 is 1.80 bits per heavy atom. The van der Waals surface area contributed by atoms with Crippen LogP contribution in [-0.4, -0.2) is 23.6 Å². The summed E-state index contributed by atoms with van der Waals surface area (Å²) in [4.78, 5) is 9.06. The maximum Gasteiger partial charge on any atom is 0.221 e. The van der Waals surface area contributed by atoms with E-state index in [-0.39, 0.29) is 0 Å². The highest BCUT2D eigenvalue weighted by Gasteiger charge is 2.13. The summed E-state index contributed by atoms with van der Waals surface area (Å²) in [5.74, 6) is 2.73. The van der Waals surface area contributed by atoms with Crippen molar-refractivity contribution in [3.05, 3.63) is 11.4 Å². The molecule has 0 saturated carbocycles. The van der Waals surface area contributed by atoms with Crippen LogP contribution in [0.1, 0.15) is 70.2 Å². The fraction of sp³-hybridized carbons (Fsp3) is 0.750. The average Bonchev–Trinajstić information content (AvgIpc) is 2.44. The van der Waals surface area contributed by atoms with E-state index < -0.39 is 0 Å². The van der Waals surface area contributed by atoms with Gasteiger partial charge in [0.25, 0.3) is 0 Å². The van der Waals surface area contributed by atoms with Gasteiger partial charge in [-0.1, -0.05) is 46.5 Å². The number of hydrogen-bond donors (Lipinski definition) is 1. The molecule has 0 radical (unpaired) electrons. The molecule has 114 valence electrons. The molecule has 0 amide bonds. The smallest absolute Gasteiger partial charge is 0.221 e. The number of hydrogen-bond acceptors (Lipinski definition) is 4. The molecular formula is C16H29N3O. The highest BCUT2D eigenvalue weighted by molar-refractivity contribution is 5.48. The second-order valence-electron chi connectivity index (χ2n) is 5.53. The van der Waals surface area contributed by atoms with Gasteiger partial charge in [0.05, 0.1) is 12.2 Å². The first-order valence-corrected chi connectivity index (χ1v) is 7.79. The summed E-state index contributed by atoms with van der Waals surface area (Å²) >= 11 is 0. The SMILES string of the molecule is CCCCCCCOc1nc(C(C)C)nc(NC)c1C. The van der Waals surface area contributed by atoms with Crippen LogP contribution < -0.4 is 10.1 Å². The van der Waals surface area contributed by atoms with Crippen molar-refractivity contribution in [1.29, 1.82) is 0 Å². The van der Waals surface area contributed by atoms with Crippen LogP contribution in [0.15, 0.2) is 0 Å². The summed E-state index contributed by atoms with van der Waals surface area (Å²) in [6, 6.07) is 0. The Kier molecular flexibility index (Phi) is 7.34. The molecule has 0 atom stereocenters. The molecule has 0 aliphatic heterocycles. The molecule has 1 aromatic rings. The third-order valence-electron chi connectivity index (χ3n) is 3.36. The van der Waals surface area contributed by atoms with Crippen molar-refractivity contribution in [2.24, 2.45) is 0 Å². The number of ether oxygens (including phenoxy) is 1. The predicted molar refractivity (Wildman–Crippen MR) is 84.7 cm³/mol. The minimum absolute atomic E-state index is 0.301. The topological polar surface area (TPSA) is 47.0 Å². The highest BCUT2D eigenvalue weighted by Crippen LogP contribution is 2.24. The second-order valence-corrected chi connectivity index (χ2v) is 5.53. The Bertz CT molecular complexity index is 405. The fourth-order valence-electron chi connectivity index (χ4n) is 2.03. The van der Waals surface area contributed by atoms with Gasteiger partial charge < -0.3 is 10.1 Å². The lowest BCUT2D eigenvalue weighted by Crippen LogP contribution is -2.09. The number of unbranched alkanes of at least 4 members (excludes halogenated alkanes) is 4. The number of nitrogens with zero attached hydrogens (tertiary/aromatic N) is 2. The summed E-state index contributed by atoms with van der Waals surface area (Å²) in [6.45, 7) is 9.16. The molecule has 0 spiro atoms. The van der Waals surface area contributed by atoms with Gasteiger partial charge in [0, 0.05) is 13.0 Å². The normalized spacial score (nSPS) is 10.9. The van der Waals surface area contributed by atoms with Gasteiger partial charge in [0.1, 0.15) is 11.6 Å². The molecule has 0 aliphatic carbocycles. The molecule has 20 heavy (non-hydrogen) atoms. The zero-order chi connectivity index (χ0) is 15.0. The van der Waals surface area contributed by atoms with Crippen molar-refractivity contribution in [1.82, 2.24) is 9.97 Å². The monoisotopic (exact) mass is 279 g/mol. The molecule has 4 heteroatoms. The number of aromatic nitrogens is 2. The zero-order valence-electron chi connectivity index (χ0n) is 13.6. The van der Waals surface area contributed by atoms with E-state index in [4.69, 9.17) is 4.74 Å². The van der Waals surface area contributed by atoms with E-state index in [1.807, 2.05) is 14.0 Å². The van der Waals surface area contributed by atoms with E-state index in [1.54, 1.807) is 0 Å². The molecule has 1 heterocycles. The molecule has 1 aromatic heterocycles. The van der Waals surface area contributed by atoms with Gasteiger partial charge in [-0.2, -0.15) is 4.98 Å².